The third kappa shape index (κ3) is 5.34. The Balaban J connectivity index is 1.39. The fourth-order valence-electron chi connectivity index (χ4n) is 3.77. The zero-order valence-electron chi connectivity index (χ0n) is 18.7. The van der Waals surface area contributed by atoms with Gasteiger partial charge in [0.25, 0.3) is 0 Å². The Morgan fingerprint density at radius 2 is 1.76 bits per heavy atom. The summed E-state index contributed by atoms with van der Waals surface area (Å²) in [7, 11) is 0. The van der Waals surface area contributed by atoms with Gasteiger partial charge in [0.2, 0.25) is 0 Å². The van der Waals surface area contributed by atoms with Gasteiger partial charge in [0, 0.05) is 12.4 Å². The molecule has 0 saturated carbocycles. The first-order valence-corrected chi connectivity index (χ1v) is 11.1. The van der Waals surface area contributed by atoms with Crippen LogP contribution in [0.1, 0.15) is 30.5 Å². The van der Waals surface area contributed by atoms with Crippen LogP contribution in [0.25, 0.3) is 17.2 Å². The number of aliphatic hydroxyl groups is 3. The van der Waals surface area contributed by atoms with Crippen LogP contribution in [-0.2, 0) is 4.74 Å². The largest absolute Gasteiger partial charge is 0.493 e. The molecule has 0 radical (unpaired) electrons. The number of hydrogen-bond donors (Lipinski definition) is 3. The highest BCUT2D eigenvalue weighted by Crippen LogP contribution is 2.29. The summed E-state index contributed by atoms with van der Waals surface area (Å²) in [6.07, 6.45) is 6.53. The van der Waals surface area contributed by atoms with E-state index in [0.717, 1.165) is 22.4 Å². The molecule has 0 aliphatic carbocycles. The predicted octanol–water partition coefficient (Wildman–Crippen LogP) is 3.24. The van der Waals surface area contributed by atoms with Crippen LogP contribution in [0, 0.1) is 5.41 Å². The number of imidazole rings is 1. The smallest absolute Gasteiger partial charge is 0.137 e. The van der Waals surface area contributed by atoms with Gasteiger partial charge in [0.05, 0.1) is 37.9 Å². The first-order valence-electron chi connectivity index (χ1n) is 11.1. The Labute approximate surface area is 193 Å². The van der Waals surface area contributed by atoms with Crippen LogP contribution in [0.3, 0.4) is 0 Å². The van der Waals surface area contributed by atoms with Crippen molar-refractivity contribution in [2.75, 3.05) is 33.0 Å². The van der Waals surface area contributed by atoms with E-state index in [-0.39, 0.29) is 24.7 Å². The van der Waals surface area contributed by atoms with Gasteiger partial charge in [-0.3, -0.25) is 0 Å². The molecule has 1 aliphatic heterocycles. The Kier molecular flexibility index (Phi) is 7.25. The lowest BCUT2D eigenvalue weighted by atomic mass is 9.88. The van der Waals surface area contributed by atoms with E-state index in [9.17, 15) is 15.3 Å². The molecule has 3 N–H and O–H groups in total. The highest BCUT2D eigenvalue weighted by atomic mass is 16.5. The number of aliphatic hydroxyl groups excluding tert-OH is 3. The van der Waals surface area contributed by atoms with E-state index in [4.69, 9.17) is 9.47 Å². The van der Waals surface area contributed by atoms with Gasteiger partial charge in [0.15, 0.2) is 0 Å². The predicted molar refractivity (Wildman–Crippen MR) is 126 cm³/mol. The summed E-state index contributed by atoms with van der Waals surface area (Å²) >= 11 is 0. The Hall–Kier alpha value is -2.97. The van der Waals surface area contributed by atoms with E-state index in [1.807, 2.05) is 60.7 Å². The summed E-state index contributed by atoms with van der Waals surface area (Å²) in [6, 6.07) is 15.7. The van der Waals surface area contributed by atoms with Crippen molar-refractivity contribution in [3.8, 4) is 16.9 Å². The van der Waals surface area contributed by atoms with Crippen molar-refractivity contribution in [1.29, 1.82) is 0 Å². The summed E-state index contributed by atoms with van der Waals surface area (Å²) < 4.78 is 12.8. The molecule has 2 atom stereocenters. The molecule has 1 aliphatic rings. The van der Waals surface area contributed by atoms with Gasteiger partial charge in [-0.05, 0) is 35.7 Å². The molecule has 0 amide bonds. The summed E-state index contributed by atoms with van der Waals surface area (Å²) in [5.74, 6) is 1.29. The second-order valence-corrected chi connectivity index (χ2v) is 8.56. The van der Waals surface area contributed by atoms with Crippen molar-refractivity contribution in [3.63, 3.8) is 0 Å². The molecule has 1 aromatic heterocycles. The molecule has 2 heterocycles. The molecule has 2 unspecified atom stereocenters. The average Bonchev–Trinajstić information content (AvgIpc) is 3.30. The van der Waals surface area contributed by atoms with Gasteiger partial charge < -0.3 is 29.4 Å². The molecule has 4 rings (SSSR count). The lowest BCUT2D eigenvalue weighted by molar-refractivity contribution is -0.153. The zero-order valence-corrected chi connectivity index (χ0v) is 18.7. The molecular formula is C26H30N2O5. The number of rotatable bonds is 10. The Morgan fingerprint density at radius 3 is 2.30 bits per heavy atom. The lowest BCUT2D eigenvalue weighted by Gasteiger charge is -2.39. The van der Waals surface area contributed by atoms with E-state index in [1.54, 1.807) is 23.9 Å². The third-order valence-electron chi connectivity index (χ3n) is 5.92. The van der Waals surface area contributed by atoms with Crippen LogP contribution in [0.2, 0.25) is 0 Å². The van der Waals surface area contributed by atoms with Crippen molar-refractivity contribution in [3.05, 3.63) is 78.4 Å². The minimum absolute atomic E-state index is 0.0645. The average molecular weight is 451 g/mol. The van der Waals surface area contributed by atoms with Crippen molar-refractivity contribution in [2.45, 2.75) is 19.1 Å². The number of nitrogens with zero attached hydrogens (tertiary/aromatic N) is 2. The van der Waals surface area contributed by atoms with Crippen LogP contribution in [-0.4, -0.2) is 57.9 Å². The molecule has 33 heavy (non-hydrogen) atoms. The maximum atomic E-state index is 9.86. The van der Waals surface area contributed by atoms with E-state index in [2.05, 4.69) is 4.98 Å². The van der Waals surface area contributed by atoms with Crippen molar-refractivity contribution in [2.24, 2.45) is 5.41 Å². The highest BCUT2D eigenvalue weighted by molar-refractivity contribution is 5.66. The van der Waals surface area contributed by atoms with Crippen LogP contribution in [0.5, 0.6) is 5.75 Å². The minimum Gasteiger partial charge on any atom is -0.493 e. The van der Waals surface area contributed by atoms with Gasteiger partial charge in [-0.15, -0.1) is 0 Å². The molecule has 7 heteroatoms. The summed E-state index contributed by atoms with van der Waals surface area (Å²) in [5, 5.41) is 29.2. The summed E-state index contributed by atoms with van der Waals surface area (Å²) in [6.45, 7) is 3.14. The zero-order chi connectivity index (χ0) is 23.3. The maximum absolute atomic E-state index is 9.86. The first-order chi connectivity index (χ1) is 16.0. The first kappa shape index (κ1) is 23.2. The van der Waals surface area contributed by atoms with Crippen LogP contribution >= 0.6 is 0 Å². The summed E-state index contributed by atoms with van der Waals surface area (Å²) in [4.78, 5) is 4.17. The van der Waals surface area contributed by atoms with Gasteiger partial charge in [0.1, 0.15) is 24.3 Å². The molecule has 3 aromatic rings. The van der Waals surface area contributed by atoms with Crippen molar-refractivity contribution in [1.82, 2.24) is 9.55 Å². The van der Waals surface area contributed by atoms with E-state index in [1.165, 1.54) is 0 Å². The molecular weight excluding hydrogens is 420 g/mol. The number of ether oxygens (including phenoxy) is 2. The van der Waals surface area contributed by atoms with Crippen LogP contribution in [0.4, 0.5) is 0 Å². The molecule has 0 spiro atoms. The third-order valence-corrected chi connectivity index (χ3v) is 5.92. The molecule has 1 saturated heterocycles. The van der Waals surface area contributed by atoms with E-state index in [0.29, 0.717) is 25.6 Å². The van der Waals surface area contributed by atoms with E-state index < -0.39 is 6.10 Å². The number of aromatic nitrogens is 2. The van der Waals surface area contributed by atoms with Crippen molar-refractivity contribution >= 4 is 6.08 Å². The van der Waals surface area contributed by atoms with Gasteiger partial charge >= 0.3 is 0 Å². The monoisotopic (exact) mass is 450 g/mol. The van der Waals surface area contributed by atoms with Gasteiger partial charge in [-0.1, -0.05) is 48.6 Å². The Bertz CT molecular complexity index is 1050. The Morgan fingerprint density at radius 1 is 1.09 bits per heavy atom. The second-order valence-electron chi connectivity index (χ2n) is 8.56. The number of benzene rings is 2. The fraction of sp³-hybridized carbons (Fsp3) is 0.346. The highest BCUT2D eigenvalue weighted by Gasteiger charge is 2.39. The molecule has 174 valence electrons. The lowest BCUT2D eigenvalue weighted by Crippen LogP contribution is -2.49. The second kappa shape index (κ2) is 10.3. The quantitative estimate of drug-likeness (QED) is 0.439. The molecule has 1 fully saturated rings. The molecule has 2 aromatic carbocycles. The van der Waals surface area contributed by atoms with Crippen LogP contribution < -0.4 is 4.74 Å². The summed E-state index contributed by atoms with van der Waals surface area (Å²) in [5.41, 5.74) is 2.90. The normalized spacial score (nSPS) is 17.0. The van der Waals surface area contributed by atoms with Crippen molar-refractivity contribution < 1.29 is 24.8 Å². The van der Waals surface area contributed by atoms with E-state index >= 15 is 0 Å². The fourth-order valence-corrected chi connectivity index (χ4v) is 3.77. The maximum Gasteiger partial charge on any atom is 0.137 e. The topological polar surface area (TPSA) is 97.0 Å². The molecule has 7 nitrogen and oxygen atoms in total. The van der Waals surface area contributed by atoms with Gasteiger partial charge in [-0.25, -0.2) is 4.98 Å². The van der Waals surface area contributed by atoms with Crippen LogP contribution in [0.15, 0.2) is 67.0 Å². The standard InChI is InChI=1S/C26H30N2O5/c1-19(31)25-27-12-13-28(25)23(14-29)9-4-20-2-5-21(6-3-20)22-7-10-24(11-8-22)33-18-26(15-30)16-32-17-26/h2-13,19,23,29-31H,14-18H2,1H3/b9-4+. The molecule has 0 bridgehead atoms. The van der Waals surface area contributed by atoms with Gasteiger partial charge in [-0.2, -0.15) is 0 Å². The SMILES string of the molecule is CC(O)c1nccn1C(/C=C/c1ccc(-c2ccc(OCC3(CO)COC3)cc2)cc1)CO. The minimum atomic E-state index is -0.707. The number of hydrogen-bond acceptors (Lipinski definition) is 6.